The Morgan fingerprint density at radius 1 is 1.47 bits per heavy atom. The minimum atomic E-state index is 0.288. The van der Waals surface area contributed by atoms with Crippen LogP contribution in [0.15, 0.2) is 0 Å². The van der Waals surface area contributed by atoms with Crippen molar-refractivity contribution in [1.29, 1.82) is 0 Å². The summed E-state index contributed by atoms with van der Waals surface area (Å²) < 4.78 is 0. The molecule has 0 radical (unpaired) electrons. The molecule has 1 unspecified atom stereocenters. The zero-order chi connectivity index (χ0) is 12.3. The molecule has 17 heavy (non-hydrogen) atoms. The lowest BCUT2D eigenvalue weighted by Crippen LogP contribution is -2.36. The van der Waals surface area contributed by atoms with Crippen molar-refractivity contribution in [1.82, 2.24) is 15.5 Å². The SMILES string of the molecule is CCN(C)CCNC(=O)C1CC12CCNCC2. The Labute approximate surface area is 104 Å². The molecule has 1 saturated heterocycles. The number of likely N-dealkylation sites (N-methyl/N-ethyl adjacent to an activating group) is 1. The fourth-order valence-electron chi connectivity index (χ4n) is 2.85. The predicted molar refractivity (Wildman–Crippen MR) is 68.8 cm³/mol. The monoisotopic (exact) mass is 239 g/mol. The zero-order valence-electron chi connectivity index (χ0n) is 11.1. The summed E-state index contributed by atoms with van der Waals surface area (Å²) in [5.74, 6) is 0.591. The summed E-state index contributed by atoms with van der Waals surface area (Å²) in [6.07, 6.45) is 3.48. The van der Waals surface area contributed by atoms with Crippen molar-refractivity contribution in [3.63, 3.8) is 0 Å². The quantitative estimate of drug-likeness (QED) is 0.732. The number of hydrogen-bond donors (Lipinski definition) is 2. The summed E-state index contributed by atoms with van der Waals surface area (Å²) in [4.78, 5) is 14.2. The van der Waals surface area contributed by atoms with Gasteiger partial charge in [0, 0.05) is 19.0 Å². The summed E-state index contributed by atoms with van der Waals surface area (Å²) in [6, 6.07) is 0. The molecule has 2 N–H and O–H groups in total. The Morgan fingerprint density at radius 3 is 2.82 bits per heavy atom. The molecule has 0 aromatic rings. The molecule has 1 heterocycles. The zero-order valence-corrected chi connectivity index (χ0v) is 11.1. The summed E-state index contributed by atoms with van der Waals surface area (Å²) in [5.41, 5.74) is 0.367. The number of nitrogens with zero attached hydrogens (tertiary/aromatic N) is 1. The average Bonchev–Trinajstić information content (AvgIpc) is 3.03. The standard InChI is InChI=1S/C13H25N3O/c1-3-16(2)9-8-15-12(17)11-10-13(11)4-6-14-7-5-13/h11,14H,3-10H2,1-2H3,(H,15,17). The van der Waals surface area contributed by atoms with Crippen molar-refractivity contribution < 1.29 is 4.79 Å². The summed E-state index contributed by atoms with van der Waals surface area (Å²) >= 11 is 0. The third-order valence-electron chi connectivity index (χ3n) is 4.44. The van der Waals surface area contributed by atoms with Crippen molar-refractivity contribution in [2.24, 2.45) is 11.3 Å². The van der Waals surface area contributed by atoms with Gasteiger partial charge >= 0.3 is 0 Å². The van der Waals surface area contributed by atoms with E-state index in [1.807, 2.05) is 0 Å². The first-order chi connectivity index (χ1) is 8.18. The van der Waals surface area contributed by atoms with Crippen LogP contribution in [0.25, 0.3) is 0 Å². The molecule has 1 amide bonds. The fourth-order valence-corrected chi connectivity index (χ4v) is 2.85. The van der Waals surface area contributed by atoms with Crippen LogP contribution in [0.2, 0.25) is 0 Å². The molecule has 1 saturated carbocycles. The maximum atomic E-state index is 12.0. The van der Waals surface area contributed by atoms with E-state index in [0.29, 0.717) is 11.3 Å². The Balaban J connectivity index is 1.68. The minimum absolute atomic E-state index is 0.288. The summed E-state index contributed by atoms with van der Waals surface area (Å²) in [7, 11) is 2.08. The summed E-state index contributed by atoms with van der Waals surface area (Å²) in [6.45, 7) is 7.07. The lowest BCUT2D eigenvalue weighted by Gasteiger charge is -2.23. The van der Waals surface area contributed by atoms with E-state index in [4.69, 9.17) is 0 Å². The van der Waals surface area contributed by atoms with Gasteiger partial charge in [0.2, 0.25) is 5.91 Å². The van der Waals surface area contributed by atoms with Crippen LogP contribution in [0.5, 0.6) is 0 Å². The van der Waals surface area contributed by atoms with Crippen molar-refractivity contribution in [2.75, 3.05) is 39.8 Å². The highest BCUT2D eigenvalue weighted by Crippen LogP contribution is 2.58. The highest BCUT2D eigenvalue weighted by atomic mass is 16.2. The molecule has 0 bridgehead atoms. The maximum absolute atomic E-state index is 12.0. The molecule has 2 rings (SSSR count). The van der Waals surface area contributed by atoms with E-state index in [2.05, 4.69) is 29.5 Å². The first kappa shape index (κ1) is 12.8. The normalized spacial score (nSPS) is 26.2. The Kier molecular flexibility index (Phi) is 4.05. The molecule has 0 aromatic heterocycles. The maximum Gasteiger partial charge on any atom is 0.223 e. The number of carbonyl (C=O) groups is 1. The van der Waals surface area contributed by atoms with E-state index in [-0.39, 0.29) is 5.91 Å². The number of hydrogen-bond acceptors (Lipinski definition) is 3. The fraction of sp³-hybridized carbons (Fsp3) is 0.923. The second-order valence-corrected chi connectivity index (χ2v) is 5.56. The van der Waals surface area contributed by atoms with Crippen LogP contribution < -0.4 is 10.6 Å². The third kappa shape index (κ3) is 2.99. The first-order valence-corrected chi connectivity index (χ1v) is 6.85. The predicted octanol–water partition coefficient (Wildman–Crippen LogP) is 0.444. The van der Waals surface area contributed by atoms with Gasteiger partial charge in [-0.25, -0.2) is 0 Å². The highest BCUT2D eigenvalue weighted by molar-refractivity contribution is 5.82. The van der Waals surface area contributed by atoms with E-state index in [1.165, 1.54) is 12.8 Å². The lowest BCUT2D eigenvalue weighted by molar-refractivity contribution is -0.123. The second-order valence-electron chi connectivity index (χ2n) is 5.56. The first-order valence-electron chi connectivity index (χ1n) is 6.85. The smallest absolute Gasteiger partial charge is 0.223 e. The largest absolute Gasteiger partial charge is 0.355 e. The van der Waals surface area contributed by atoms with Gasteiger partial charge in [-0.1, -0.05) is 6.92 Å². The molecular formula is C13H25N3O. The van der Waals surface area contributed by atoms with Gasteiger partial charge in [0.25, 0.3) is 0 Å². The number of nitrogens with one attached hydrogen (secondary N) is 2. The van der Waals surface area contributed by atoms with Gasteiger partial charge in [-0.2, -0.15) is 0 Å². The van der Waals surface area contributed by atoms with E-state index < -0.39 is 0 Å². The van der Waals surface area contributed by atoms with Gasteiger partial charge in [0.05, 0.1) is 0 Å². The van der Waals surface area contributed by atoms with Crippen LogP contribution in [-0.4, -0.2) is 50.6 Å². The van der Waals surface area contributed by atoms with Crippen LogP contribution in [-0.2, 0) is 4.79 Å². The van der Waals surface area contributed by atoms with Crippen molar-refractivity contribution in [2.45, 2.75) is 26.2 Å². The molecule has 1 aliphatic heterocycles. The van der Waals surface area contributed by atoms with E-state index in [1.54, 1.807) is 0 Å². The molecule has 2 fully saturated rings. The molecule has 2 aliphatic rings. The van der Waals surface area contributed by atoms with Crippen LogP contribution >= 0.6 is 0 Å². The van der Waals surface area contributed by atoms with Crippen molar-refractivity contribution >= 4 is 5.91 Å². The third-order valence-corrected chi connectivity index (χ3v) is 4.44. The molecule has 4 heteroatoms. The molecule has 1 spiro atoms. The van der Waals surface area contributed by atoms with Gasteiger partial charge in [-0.3, -0.25) is 4.79 Å². The Morgan fingerprint density at radius 2 is 2.18 bits per heavy atom. The van der Waals surface area contributed by atoms with Crippen LogP contribution in [0.1, 0.15) is 26.2 Å². The lowest BCUT2D eigenvalue weighted by atomic mass is 9.92. The summed E-state index contributed by atoms with van der Waals surface area (Å²) in [5, 5.41) is 6.45. The number of amides is 1. The van der Waals surface area contributed by atoms with E-state index in [9.17, 15) is 4.79 Å². The molecule has 4 nitrogen and oxygen atoms in total. The van der Waals surface area contributed by atoms with Gasteiger partial charge in [0.15, 0.2) is 0 Å². The van der Waals surface area contributed by atoms with Gasteiger partial charge in [0.1, 0.15) is 0 Å². The van der Waals surface area contributed by atoms with Crippen molar-refractivity contribution in [3.05, 3.63) is 0 Å². The highest BCUT2D eigenvalue weighted by Gasteiger charge is 2.57. The van der Waals surface area contributed by atoms with E-state index >= 15 is 0 Å². The minimum Gasteiger partial charge on any atom is -0.355 e. The number of carbonyl (C=O) groups excluding carboxylic acids is 1. The molecule has 1 atom stereocenters. The van der Waals surface area contributed by atoms with Gasteiger partial charge in [-0.15, -0.1) is 0 Å². The van der Waals surface area contributed by atoms with Crippen LogP contribution in [0, 0.1) is 11.3 Å². The topological polar surface area (TPSA) is 44.4 Å². The van der Waals surface area contributed by atoms with Crippen molar-refractivity contribution in [3.8, 4) is 0 Å². The average molecular weight is 239 g/mol. The van der Waals surface area contributed by atoms with E-state index in [0.717, 1.165) is 39.1 Å². The number of rotatable bonds is 5. The Bertz CT molecular complexity index is 274. The Hall–Kier alpha value is -0.610. The van der Waals surface area contributed by atoms with Gasteiger partial charge in [-0.05, 0) is 51.4 Å². The molecule has 1 aliphatic carbocycles. The van der Waals surface area contributed by atoms with Crippen LogP contribution in [0.3, 0.4) is 0 Å². The molecule has 0 aromatic carbocycles. The van der Waals surface area contributed by atoms with Gasteiger partial charge < -0.3 is 15.5 Å². The molecule has 98 valence electrons. The van der Waals surface area contributed by atoms with Crippen LogP contribution in [0.4, 0.5) is 0 Å². The number of piperidine rings is 1. The second kappa shape index (κ2) is 5.36. The molecular weight excluding hydrogens is 214 g/mol.